The van der Waals surface area contributed by atoms with E-state index >= 15 is 0 Å². The standard InChI is InChI=1S/C16H17FN2O5/c1-23-12-3-2-9(17)6-11(12)15(8-4-10(20)5-8)18-16(22)13-7-14(21)19-24-13/h2-3,6-8,10,15,20H,4-5H2,1H3,(H,18,22)(H,19,21). The number of H-pyrrole nitrogens is 1. The zero-order chi connectivity index (χ0) is 17.3. The third kappa shape index (κ3) is 3.18. The van der Waals surface area contributed by atoms with Crippen LogP contribution in [0.2, 0.25) is 0 Å². The van der Waals surface area contributed by atoms with Gasteiger partial charge in [-0.05, 0) is 37.0 Å². The molecule has 3 N–H and O–H groups in total. The highest BCUT2D eigenvalue weighted by Gasteiger charge is 2.37. The third-order valence-electron chi connectivity index (χ3n) is 4.18. The molecule has 128 valence electrons. The van der Waals surface area contributed by atoms with E-state index in [1.54, 1.807) is 0 Å². The quantitative estimate of drug-likeness (QED) is 0.765. The minimum absolute atomic E-state index is 0.0784. The maximum Gasteiger partial charge on any atom is 0.290 e. The van der Waals surface area contributed by atoms with Crippen molar-refractivity contribution < 1.29 is 23.6 Å². The fraction of sp³-hybridized carbons (Fsp3) is 0.375. The number of carbonyl (C=O) groups is 1. The Morgan fingerprint density at radius 3 is 2.79 bits per heavy atom. The Kier molecular flexibility index (Phi) is 4.39. The highest BCUT2D eigenvalue weighted by atomic mass is 19.1. The second-order valence-corrected chi connectivity index (χ2v) is 5.80. The molecule has 24 heavy (non-hydrogen) atoms. The molecule has 1 aromatic carbocycles. The van der Waals surface area contributed by atoms with Gasteiger partial charge in [-0.25, -0.2) is 4.39 Å². The second-order valence-electron chi connectivity index (χ2n) is 5.80. The number of aromatic amines is 1. The van der Waals surface area contributed by atoms with Crippen LogP contribution < -0.4 is 15.6 Å². The minimum atomic E-state index is -0.606. The van der Waals surface area contributed by atoms with Crippen LogP contribution >= 0.6 is 0 Å². The summed E-state index contributed by atoms with van der Waals surface area (Å²) in [5.41, 5.74) is -0.0558. The average Bonchev–Trinajstić information content (AvgIpc) is 2.96. The molecule has 2 aromatic rings. The van der Waals surface area contributed by atoms with Gasteiger partial charge in [-0.2, -0.15) is 5.16 Å². The van der Waals surface area contributed by atoms with E-state index in [-0.39, 0.29) is 11.7 Å². The van der Waals surface area contributed by atoms with Gasteiger partial charge in [0.25, 0.3) is 11.5 Å². The monoisotopic (exact) mass is 336 g/mol. The van der Waals surface area contributed by atoms with Crippen LogP contribution in [0.5, 0.6) is 5.75 Å². The number of hydrogen-bond acceptors (Lipinski definition) is 5. The van der Waals surface area contributed by atoms with Gasteiger partial charge in [-0.1, -0.05) is 0 Å². The number of ether oxygens (including phenoxy) is 1. The van der Waals surface area contributed by atoms with Crippen molar-refractivity contribution in [3.63, 3.8) is 0 Å². The summed E-state index contributed by atoms with van der Waals surface area (Å²) in [6.07, 6.45) is 0.503. The average molecular weight is 336 g/mol. The summed E-state index contributed by atoms with van der Waals surface area (Å²) in [5.74, 6) is -0.881. The molecule has 1 heterocycles. The van der Waals surface area contributed by atoms with Crippen molar-refractivity contribution in [1.29, 1.82) is 0 Å². The maximum atomic E-state index is 13.7. The van der Waals surface area contributed by atoms with E-state index in [4.69, 9.17) is 9.26 Å². The Balaban J connectivity index is 1.91. The van der Waals surface area contributed by atoms with Gasteiger partial charge in [0.15, 0.2) is 0 Å². The van der Waals surface area contributed by atoms with Crippen molar-refractivity contribution in [2.24, 2.45) is 5.92 Å². The third-order valence-corrected chi connectivity index (χ3v) is 4.18. The number of benzene rings is 1. The number of aliphatic hydroxyl groups is 1. The molecule has 1 saturated carbocycles. The van der Waals surface area contributed by atoms with E-state index in [9.17, 15) is 19.1 Å². The first-order chi connectivity index (χ1) is 11.5. The van der Waals surface area contributed by atoms with Crippen LogP contribution in [0, 0.1) is 11.7 Å². The summed E-state index contributed by atoms with van der Waals surface area (Å²) >= 11 is 0. The van der Waals surface area contributed by atoms with Crippen LogP contribution in [0.4, 0.5) is 4.39 Å². The lowest BCUT2D eigenvalue weighted by Crippen LogP contribution is -2.41. The van der Waals surface area contributed by atoms with Gasteiger partial charge in [0.1, 0.15) is 11.6 Å². The number of carbonyl (C=O) groups excluding carboxylic acids is 1. The largest absolute Gasteiger partial charge is 0.496 e. The fourth-order valence-corrected chi connectivity index (χ4v) is 2.91. The molecule has 1 amide bonds. The van der Waals surface area contributed by atoms with Gasteiger partial charge >= 0.3 is 0 Å². The van der Waals surface area contributed by atoms with E-state index in [0.29, 0.717) is 24.2 Å². The molecule has 8 heteroatoms. The predicted octanol–water partition coefficient (Wildman–Crippen LogP) is 1.36. The smallest absolute Gasteiger partial charge is 0.290 e. The number of halogens is 1. The number of amides is 1. The summed E-state index contributed by atoms with van der Waals surface area (Å²) in [4.78, 5) is 23.4. The van der Waals surface area contributed by atoms with Crippen molar-refractivity contribution in [2.75, 3.05) is 7.11 Å². The number of aromatic nitrogens is 1. The Labute approximate surface area is 136 Å². The highest BCUT2D eigenvalue weighted by Crippen LogP contribution is 2.41. The van der Waals surface area contributed by atoms with Gasteiger partial charge in [0, 0.05) is 5.56 Å². The zero-order valence-electron chi connectivity index (χ0n) is 12.9. The van der Waals surface area contributed by atoms with Gasteiger partial charge in [0.2, 0.25) is 5.76 Å². The molecule has 1 aliphatic rings. The molecule has 0 spiro atoms. The number of methoxy groups -OCH3 is 1. The van der Waals surface area contributed by atoms with Crippen molar-refractivity contribution in [3.05, 3.63) is 51.8 Å². The molecular weight excluding hydrogens is 319 g/mol. The van der Waals surface area contributed by atoms with Gasteiger partial charge in [-0.3, -0.25) is 9.59 Å². The number of hydrogen-bond donors (Lipinski definition) is 3. The van der Waals surface area contributed by atoms with Crippen molar-refractivity contribution in [1.82, 2.24) is 10.5 Å². The predicted molar refractivity (Wildman–Crippen MR) is 81.2 cm³/mol. The van der Waals surface area contributed by atoms with E-state index in [0.717, 1.165) is 6.07 Å². The van der Waals surface area contributed by atoms with E-state index in [2.05, 4.69) is 5.32 Å². The molecule has 1 atom stereocenters. The van der Waals surface area contributed by atoms with E-state index in [1.165, 1.54) is 25.3 Å². The first-order valence-electron chi connectivity index (χ1n) is 7.49. The Hall–Kier alpha value is -2.61. The topological polar surface area (TPSA) is 105 Å². The molecule has 3 rings (SSSR count). The summed E-state index contributed by atoms with van der Waals surface area (Å²) < 4.78 is 23.7. The Morgan fingerprint density at radius 2 is 2.21 bits per heavy atom. The van der Waals surface area contributed by atoms with Crippen LogP contribution in [0.15, 0.2) is 33.6 Å². The number of nitrogens with one attached hydrogen (secondary N) is 2. The molecular formula is C16H17FN2O5. The molecule has 7 nitrogen and oxygen atoms in total. The van der Waals surface area contributed by atoms with Crippen molar-refractivity contribution in [3.8, 4) is 5.75 Å². The minimum Gasteiger partial charge on any atom is -0.496 e. The summed E-state index contributed by atoms with van der Waals surface area (Å²) in [6.45, 7) is 0. The maximum absolute atomic E-state index is 13.7. The zero-order valence-corrected chi connectivity index (χ0v) is 12.9. The van der Waals surface area contributed by atoms with E-state index < -0.39 is 29.4 Å². The van der Waals surface area contributed by atoms with Crippen molar-refractivity contribution in [2.45, 2.75) is 25.0 Å². The van der Waals surface area contributed by atoms with Crippen LogP contribution in [-0.4, -0.2) is 29.4 Å². The van der Waals surface area contributed by atoms with Gasteiger partial charge < -0.3 is 19.7 Å². The lowest BCUT2D eigenvalue weighted by molar-refractivity contribution is 0.0227. The number of rotatable bonds is 5. The lowest BCUT2D eigenvalue weighted by Gasteiger charge is -2.38. The molecule has 0 bridgehead atoms. The molecule has 1 unspecified atom stereocenters. The molecule has 0 aliphatic heterocycles. The summed E-state index contributed by atoms with van der Waals surface area (Å²) in [6, 6.07) is 4.50. The molecule has 1 fully saturated rings. The van der Waals surface area contributed by atoms with Crippen molar-refractivity contribution >= 4 is 5.91 Å². The summed E-state index contributed by atoms with van der Waals surface area (Å²) in [5, 5.41) is 14.3. The fourth-order valence-electron chi connectivity index (χ4n) is 2.91. The normalized spacial score (nSPS) is 21.0. The van der Waals surface area contributed by atoms with Gasteiger partial charge in [0.05, 0.1) is 25.3 Å². The highest BCUT2D eigenvalue weighted by molar-refractivity contribution is 5.91. The van der Waals surface area contributed by atoms with Gasteiger partial charge in [-0.15, -0.1) is 0 Å². The van der Waals surface area contributed by atoms with Crippen LogP contribution in [0.1, 0.15) is 35.0 Å². The molecule has 0 radical (unpaired) electrons. The Morgan fingerprint density at radius 1 is 1.46 bits per heavy atom. The van der Waals surface area contributed by atoms with Crippen LogP contribution in [-0.2, 0) is 0 Å². The first-order valence-corrected chi connectivity index (χ1v) is 7.49. The molecule has 1 aliphatic carbocycles. The first kappa shape index (κ1) is 16.3. The number of aliphatic hydroxyl groups excluding tert-OH is 1. The Bertz CT molecular complexity index is 794. The van der Waals surface area contributed by atoms with E-state index in [1.807, 2.05) is 5.16 Å². The second kappa shape index (κ2) is 6.48. The summed E-state index contributed by atoms with van der Waals surface area (Å²) in [7, 11) is 1.45. The molecule has 1 aromatic heterocycles. The van der Waals surface area contributed by atoms with Crippen LogP contribution in [0.25, 0.3) is 0 Å². The molecule has 0 saturated heterocycles. The van der Waals surface area contributed by atoms with Crippen LogP contribution in [0.3, 0.4) is 0 Å². The lowest BCUT2D eigenvalue weighted by atomic mass is 9.75. The SMILES string of the molecule is COc1ccc(F)cc1C(NC(=O)c1cc(=O)[nH]o1)C1CC(O)C1.